The van der Waals surface area contributed by atoms with E-state index >= 15 is 0 Å². The Morgan fingerprint density at radius 3 is 2.32 bits per heavy atom. The molecule has 0 radical (unpaired) electrons. The lowest BCUT2D eigenvalue weighted by Gasteiger charge is -2.39. The van der Waals surface area contributed by atoms with Gasteiger partial charge in [-0.3, -0.25) is 19.4 Å². The number of urea groups is 1. The second kappa shape index (κ2) is 8.96. The Bertz CT molecular complexity index is 812. The number of likely N-dealkylation sites (tertiary alicyclic amines) is 2. The van der Waals surface area contributed by atoms with Crippen LogP contribution < -0.4 is 5.32 Å². The van der Waals surface area contributed by atoms with Gasteiger partial charge in [-0.05, 0) is 45.3 Å². The minimum atomic E-state index is -0.762. The number of hydrogen-bond acceptors (Lipinski definition) is 5. The van der Waals surface area contributed by atoms with Crippen LogP contribution in [0, 0.1) is 0 Å². The summed E-state index contributed by atoms with van der Waals surface area (Å²) in [7, 11) is 3.75. The zero-order chi connectivity index (χ0) is 22.0. The van der Waals surface area contributed by atoms with Gasteiger partial charge in [0.1, 0.15) is 5.54 Å². The molecule has 1 aromatic rings. The van der Waals surface area contributed by atoms with Gasteiger partial charge < -0.3 is 15.1 Å². The topological polar surface area (TPSA) is 76.2 Å². The van der Waals surface area contributed by atoms with Gasteiger partial charge >= 0.3 is 6.03 Å². The second-order valence-corrected chi connectivity index (χ2v) is 9.30. The van der Waals surface area contributed by atoms with Crippen LogP contribution in [-0.2, 0) is 16.1 Å². The Hall–Kier alpha value is -2.45. The van der Waals surface area contributed by atoms with E-state index in [9.17, 15) is 14.4 Å². The van der Waals surface area contributed by atoms with Crippen molar-refractivity contribution in [1.82, 2.24) is 24.9 Å². The van der Waals surface area contributed by atoms with Gasteiger partial charge in [0.2, 0.25) is 5.91 Å². The quantitative estimate of drug-likeness (QED) is 0.713. The van der Waals surface area contributed by atoms with Gasteiger partial charge in [0, 0.05) is 38.8 Å². The summed E-state index contributed by atoms with van der Waals surface area (Å²) < 4.78 is 0. The fourth-order valence-corrected chi connectivity index (χ4v) is 4.99. The number of rotatable bonds is 5. The minimum absolute atomic E-state index is 0.0741. The van der Waals surface area contributed by atoms with Crippen LogP contribution in [0.2, 0.25) is 0 Å². The molecule has 1 N–H and O–H groups in total. The van der Waals surface area contributed by atoms with Crippen LogP contribution in [0.4, 0.5) is 4.79 Å². The van der Waals surface area contributed by atoms with Crippen molar-refractivity contribution in [1.29, 1.82) is 0 Å². The number of imide groups is 1. The summed E-state index contributed by atoms with van der Waals surface area (Å²) in [6, 6.07) is 9.93. The van der Waals surface area contributed by atoms with E-state index in [4.69, 9.17) is 0 Å². The van der Waals surface area contributed by atoms with E-state index in [0.717, 1.165) is 19.6 Å². The highest BCUT2D eigenvalue weighted by Crippen LogP contribution is 2.33. The van der Waals surface area contributed by atoms with Crippen molar-refractivity contribution in [2.75, 3.05) is 46.8 Å². The average Bonchev–Trinajstić information content (AvgIpc) is 2.99. The van der Waals surface area contributed by atoms with E-state index < -0.39 is 5.54 Å². The van der Waals surface area contributed by atoms with E-state index in [0.29, 0.717) is 45.3 Å². The van der Waals surface area contributed by atoms with E-state index in [1.54, 1.807) is 0 Å². The summed E-state index contributed by atoms with van der Waals surface area (Å²) in [6.45, 7) is 4.00. The zero-order valence-corrected chi connectivity index (χ0v) is 18.5. The lowest BCUT2D eigenvalue weighted by atomic mass is 9.86. The Kier molecular flexibility index (Phi) is 6.29. The van der Waals surface area contributed by atoms with E-state index in [2.05, 4.69) is 22.3 Å². The molecule has 4 rings (SSSR count). The maximum absolute atomic E-state index is 13.4. The number of benzene rings is 1. The molecule has 0 aliphatic carbocycles. The van der Waals surface area contributed by atoms with E-state index in [1.807, 2.05) is 42.1 Å². The predicted octanol–water partition coefficient (Wildman–Crippen LogP) is 1.13. The Labute approximate surface area is 184 Å². The first-order chi connectivity index (χ1) is 14.9. The van der Waals surface area contributed by atoms with Crippen molar-refractivity contribution in [3.8, 4) is 0 Å². The van der Waals surface area contributed by atoms with E-state index in [1.165, 1.54) is 10.5 Å². The molecule has 3 aliphatic heterocycles. The molecule has 168 valence electrons. The molecule has 0 bridgehead atoms. The molecule has 31 heavy (non-hydrogen) atoms. The molecule has 0 aromatic heterocycles. The fourth-order valence-electron chi connectivity index (χ4n) is 4.99. The number of carbonyl (C=O) groups is 3. The highest BCUT2D eigenvalue weighted by atomic mass is 16.2. The highest BCUT2D eigenvalue weighted by Gasteiger charge is 2.54. The molecule has 8 heteroatoms. The van der Waals surface area contributed by atoms with Gasteiger partial charge in [-0.25, -0.2) is 4.79 Å². The van der Waals surface area contributed by atoms with Crippen molar-refractivity contribution < 1.29 is 14.4 Å². The first-order valence-corrected chi connectivity index (χ1v) is 11.2. The summed E-state index contributed by atoms with van der Waals surface area (Å²) in [5.41, 5.74) is 0.500. The Balaban J connectivity index is 1.33. The van der Waals surface area contributed by atoms with Crippen LogP contribution in [0.25, 0.3) is 0 Å². The molecule has 1 spiro atoms. The summed E-state index contributed by atoms with van der Waals surface area (Å²) in [5.74, 6) is 0.0258. The largest absolute Gasteiger partial charge is 0.341 e. The number of piperidine rings is 2. The van der Waals surface area contributed by atoms with Crippen molar-refractivity contribution in [3.05, 3.63) is 35.9 Å². The molecule has 3 aliphatic rings. The number of hydrogen-bond donors (Lipinski definition) is 1. The van der Waals surface area contributed by atoms with Crippen LogP contribution >= 0.6 is 0 Å². The van der Waals surface area contributed by atoms with Crippen molar-refractivity contribution >= 4 is 17.8 Å². The molecule has 3 fully saturated rings. The molecule has 3 saturated heterocycles. The lowest BCUT2D eigenvalue weighted by molar-refractivity contribution is -0.136. The molecule has 0 unspecified atom stereocenters. The van der Waals surface area contributed by atoms with Gasteiger partial charge in [-0.15, -0.1) is 0 Å². The van der Waals surface area contributed by atoms with Crippen LogP contribution in [0.15, 0.2) is 30.3 Å². The fraction of sp³-hybridized carbons (Fsp3) is 0.609. The van der Waals surface area contributed by atoms with Crippen molar-refractivity contribution in [2.45, 2.75) is 43.8 Å². The van der Waals surface area contributed by atoms with Crippen LogP contribution in [0.5, 0.6) is 0 Å². The number of carbonyl (C=O) groups excluding carboxylic acids is 3. The lowest BCUT2D eigenvalue weighted by Crippen LogP contribution is -2.55. The average molecular weight is 428 g/mol. The van der Waals surface area contributed by atoms with E-state index in [-0.39, 0.29) is 23.9 Å². The van der Waals surface area contributed by atoms with Gasteiger partial charge in [0.05, 0.1) is 6.54 Å². The summed E-state index contributed by atoms with van der Waals surface area (Å²) >= 11 is 0. The number of amides is 4. The Morgan fingerprint density at radius 1 is 1.06 bits per heavy atom. The molecule has 0 saturated carbocycles. The van der Waals surface area contributed by atoms with Crippen LogP contribution in [0.3, 0.4) is 0 Å². The number of nitrogens with one attached hydrogen (secondary N) is 1. The molecule has 1 aromatic carbocycles. The van der Waals surface area contributed by atoms with Crippen LogP contribution in [-0.4, -0.2) is 95.8 Å². The summed E-state index contributed by atoms with van der Waals surface area (Å²) in [6.07, 6.45) is 2.57. The summed E-state index contributed by atoms with van der Waals surface area (Å²) in [5, 5.41) is 3.03. The Morgan fingerprint density at radius 2 is 1.71 bits per heavy atom. The maximum atomic E-state index is 13.4. The standard InChI is InChI=1S/C23H33N5O3/c1-25(2)17-20(29)27-12-8-19(9-13-27)28-21(30)23(24-22(28)31)10-14-26(15-11-23)16-18-6-4-3-5-7-18/h3-7,19H,8-17H2,1-2H3,(H,24,31). The third-order valence-electron chi connectivity index (χ3n) is 6.79. The smallest absolute Gasteiger partial charge is 0.325 e. The predicted molar refractivity (Wildman–Crippen MR) is 117 cm³/mol. The highest BCUT2D eigenvalue weighted by molar-refractivity contribution is 6.07. The first kappa shape index (κ1) is 21.8. The molecule has 4 amide bonds. The third kappa shape index (κ3) is 4.60. The monoisotopic (exact) mass is 427 g/mol. The third-order valence-corrected chi connectivity index (χ3v) is 6.79. The SMILES string of the molecule is CN(C)CC(=O)N1CCC(N2C(=O)NC3(CCN(Cc4ccccc4)CC3)C2=O)CC1. The zero-order valence-electron chi connectivity index (χ0n) is 18.5. The molecular formula is C23H33N5O3. The molecule has 8 nitrogen and oxygen atoms in total. The van der Waals surface area contributed by atoms with Gasteiger partial charge in [-0.1, -0.05) is 30.3 Å². The van der Waals surface area contributed by atoms with Crippen LogP contribution in [0.1, 0.15) is 31.2 Å². The maximum Gasteiger partial charge on any atom is 0.325 e. The van der Waals surface area contributed by atoms with Crippen molar-refractivity contribution in [2.24, 2.45) is 0 Å². The molecular weight excluding hydrogens is 394 g/mol. The van der Waals surface area contributed by atoms with Crippen molar-refractivity contribution in [3.63, 3.8) is 0 Å². The number of likely N-dealkylation sites (N-methyl/N-ethyl adjacent to an activating group) is 1. The second-order valence-electron chi connectivity index (χ2n) is 9.30. The van der Waals surface area contributed by atoms with Gasteiger partial charge in [-0.2, -0.15) is 0 Å². The number of nitrogens with zero attached hydrogens (tertiary/aromatic N) is 4. The van der Waals surface area contributed by atoms with Gasteiger partial charge in [0.25, 0.3) is 5.91 Å². The normalized spacial score (nSPS) is 22.4. The van der Waals surface area contributed by atoms with Gasteiger partial charge in [0.15, 0.2) is 0 Å². The summed E-state index contributed by atoms with van der Waals surface area (Å²) in [4.78, 5) is 45.9. The minimum Gasteiger partial charge on any atom is -0.341 e. The molecule has 3 heterocycles. The molecule has 0 atom stereocenters. The first-order valence-electron chi connectivity index (χ1n) is 11.2.